The fourth-order valence-corrected chi connectivity index (χ4v) is 4.57. The van der Waals surface area contributed by atoms with Gasteiger partial charge in [0.2, 0.25) is 5.91 Å². The molecule has 8 heteroatoms. The molecule has 3 aromatic rings. The van der Waals surface area contributed by atoms with Gasteiger partial charge >= 0.3 is 0 Å². The standard InChI is InChI=1S/C29H35N5O3/c1-7-27(35)32(6)14-15-37-26-18-30-12-10-23(26)21-8-9-22(20(2)16-21)19-33-13-11-25-24(28(33)36)17-31-34(25)29(3,4)5/h7-10,12,16-18H,1,11,13-15,19H2,2-6H3. The van der Waals surface area contributed by atoms with Gasteiger partial charge in [-0.1, -0.05) is 24.8 Å². The number of hydrogen-bond donors (Lipinski definition) is 0. The first-order valence-corrected chi connectivity index (χ1v) is 12.5. The van der Waals surface area contributed by atoms with E-state index in [4.69, 9.17) is 4.74 Å². The van der Waals surface area contributed by atoms with Gasteiger partial charge in [0.05, 0.1) is 35.7 Å². The normalized spacial score (nSPS) is 13.3. The van der Waals surface area contributed by atoms with Crippen LogP contribution in [0.4, 0.5) is 0 Å². The van der Waals surface area contributed by atoms with Crippen LogP contribution in [0.1, 0.15) is 48.0 Å². The van der Waals surface area contributed by atoms with E-state index < -0.39 is 0 Å². The van der Waals surface area contributed by atoms with Gasteiger partial charge in [-0.2, -0.15) is 5.10 Å². The average Bonchev–Trinajstić information content (AvgIpc) is 3.32. The summed E-state index contributed by atoms with van der Waals surface area (Å²) in [5, 5.41) is 4.50. The molecular formula is C29H35N5O3. The van der Waals surface area contributed by atoms with Crippen molar-refractivity contribution in [2.75, 3.05) is 26.7 Å². The molecular weight excluding hydrogens is 466 g/mol. The molecule has 8 nitrogen and oxygen atoms in total. The highest BCUT2D eigenvalue weighted by atomic mass is 16.5. The van der Waals surface area contributed by atoms with E-state index in [1.165, 1.54) is 6.08 Å². The molecule has 0 saturated heterocycles. The highest BCUT2D eigenvalue weighted by molar-refractivity contribution is 5.96. The van der Waals surface area contributed by atoms with Crippen molar-refractivity contribution in [3.05, 3.63) is 77.9 Å². The summed E-state index contributed by atoms with van der Waals surface area (Å²) < 4.78 is 7.94. The first kappa shape index (κ1) is 26.1. The smallest absolute Gasteiger partial charge is 0.257 e. The molecule has 1 aliphatic rings. The van der Waals surface area contributed by atoms with Crippen molar-refractivity contribution >= 4 is 11.8 Å². The summed E-state index contributed by atoms with van der Waals surface area (Å²) in [5.41, 5.74) is 5.70. The van der Waals surface area contributed by atoms with E-state index in [0.717, 1.165) is 34.4 Å². The summed E-state index contributed by atoms with van der Waals surface area (Å²) in [5.74, 6) is 0.543. The summed E-state index contributed by atoms with van der Waals surface area (Å²) in [4.78, 5) is 32.6. The molecule has 37 heavy (non-hydrogen) atoms. The number of aromatic nitrogens is 3. The van der Waals surface area contributed by atoms with Crippen LogP contribution in [0.15, 0.2) is 55.5 Å². The number of rotatable bonds is 8. The Balaban J connectivity index is 1.47. The molecule has 0 atom stereocenters. The number of amides is 2. The highest BCUT2D eigenvalue weighted by Gasteiger charge is 2.31. The van der Waals surface area contributed by atoms with Gasteiger partial charge in [-0.25, -0.2) is 0 Å². The summed E-state index contributed by atoms with van der Waals surface area (Å²) in [6.45, 7) is 13.9. The Morgan fingerprint density at radius 3 is 2.70 bits per heavy atom. The van der Waals surface area contributed by atoms with Gasteiger partial charge in [0.15, 0.2) is 0 Å². The molecule has 4 rings (SSSR count). The third-order valence-electron chi connectivity index (χ3n) is 6.67. The lowest BCUT2D eigenvalue weighted by Gasteiger charge is -2.30. The second kappa shape index (κ2) is 10.6. The Hall–Kier alpha value is -3.94. The molecule has 2 aromatic heterocycles. The molecule has 0 N–H and O–H groups in total. The van der Waals surface area contributed by atoms with E-state index in [1.807, 2.05) is 15.6 Å². The van der Waals surface area contributed by atoms with Gasteiger partial charge in [0, 0.05) is 38.3 Å². The second-order valence-corrected chi connectivity index (χ2v) is 10.4. The number of aryl methyl sites for hydroxylation is 1. The quantitative estimate of drug-likeness (QED) is 0.432. The topological polar surface area (TPSA) is 80.6 Å². The molecule has 0 saturated carbocycles. The van der Waals surface area contributed by atoms with Crippen molar-refractivity contribution in [2.24, 2.45) is 0 Å². The van der Waals surface area contributed by atoms with Crippen LogP contribution in [0.5, 0.6) is 5.75 Å². The predicted molar refractivity (Wildman–Crippen MR) is 143 cm³/mol. The molecule has 1 aliphatic heterocycles. The van der Waals surface area contributed by atoms with Gasteiger partial charge in [-0.15, -0.1) is 0 Å². The minimum absolute atomic E-state index is 0.0324. The maximum atomic E-state index is 13.2. The lowest BCUT2D eigenvalue weighted by atomic mass is 9.98. The van der Waals surface area contributed by atoms with Crippen LogP contribution in [0.3, 0.4) is 0 Å². The summed E-state index contributed by atoms with van der Waals surface area (Å²) in [6.07, 6.45) is 7.22. The van der Waals surface area contributed by atoms with Crippen molar-refractivity contribution in [3.8, 4) is 16.9 Å². The van der Waals surface area contributed by atoms with Crippen LogP contribution in [-0.2, 0) is 23.3 Å². The van der Waals surface area contributed by atoms with Crippen LogP contribution in [0, 0.1) is 6.92 Å². The van der Waals surface area contributed by atoms with Crippen LogP contribution >= 0.6 is 0 Å². The number of hydrogen-bond acceptors (Lipinski definition) is 5. The van der Waals surface area contributed by atoms with E-state index in [1.54, 1.807) is 30.5 Å². The molecule has 0 bridgehead atoms. The van der Waals surface area contributed by atoms with E-state index in [9.17, 15) is 9.59 Å². The van der Waals surface area contributed by atoms with Crippen molar-refractivity contribution in [1.29, 1.82) is 0 Å². The van der Waals surface area contributed by atoms with E-state index in [0.29, 0.717) is 37.6 Å². The average molecular weight is 502 g/mol. The van der Waals surface area contributed by atoms with Crippen LogP contribution in [0.25, 0.3) is 11.1 Å². The number of ether oxygens (including phenoxy) is 1. The second-order valence-electron chi connectivity index (χ2n) is 10.4. The molecule has 194 valence electrons. The van der Waals surface area contributed by atoms with Gasteiger partial charge in [-0.05, 0) is 56.5 Å². The lowest BCUT2D eigenvalue weighted by molar-refractivity contribution is -0.125. The SMILES string of the molecule is C=CC(=O)N(C)CCOc1cnccc1-c1ccc(CN2CCc3c(cnn3C(C)(C)C)C2=O)c(C)c1. The van der Waals surface area contributed by atoms with Crippen LogP contribution in [0.2, 0.25) is 0 Å². The fourth-order valence-electron chi connectivity index (χ4n) is 4.57. The first-order chi connectivity index (χ1) is 17.6. The number of pyridine rings is 1. The minimum Gasteiger partial charge on any atom is -0.489 e. The summed E-state index contributed by atoms with van der Waals surface area (Å²) in [7, 11) is 1.71. The van der Waals surface area contributed by atoms with E-state index in [2.05, 4.69) is 62.6 Å². The summed E-state index contributed by atoms with van der Waals surface area (Å²) in [6, 6.07) is 8.16. The van der Waals surface area contributed by atoms with Crippen molar-refractivity contribution in [1.82, 2.24) is 24.6 Å². The molecule has 0 aliphatic carbocycles. The van der Waals surface area contributed by atoms with Crippen LogP contribution in [-0.4, -0.2) is 63.1 Å². The highest BCUT2D eigenvalue weighted by Crippen LogP contribution is 2.31. The number of benzene rings is 1. The molecule has 3 heterocycles. The number of fused-ring (bicyclic) bond motifs is 1. The Kier molecular flexibility index (Phi) is 7.47. The maximum Gasteiger partial charge on any atom is 0.257 e. The van der Waals surface area contributed by atoms with Crippen molar-refractivity contribution in [2.45, 2.75) is 46.2 Å². The molecule has 1 aromatic carbocycles. The van der Waals surface area contributed by atoms with Crippen molar-refractivity contribution < 1.29 is 14.3 Å². The molecule has 2 amide bonds. The van der Waals surface area contributed by atoms with E-state index >= 15 is 0 Å². The zero-order chi connectivity index (χ0) is 26.7. The molecule has 0 fully saturated rings. The summed E-state index contributed by atoms with van der Waals surface area (Å²) >= 11 is 0. The van der Waals surface area contributed by atoms with Crippen LogP contribution < -0.4 is 4.74 Å². The molecule has 0 spiro atoms. The van der Waals surface area contributed by atoms with Crippen molar-refractivity contribution in [3.63, 3.8) is 0 Å². The largest absolute Gasteiger partial charge is 0.489 e. The maximum absolute atomic E-state index is 13.2. The van der Waals surface area contributed by atoms with Gasteiger partial charge in [-0.3, -0.25) is 19.3 Å². The molecule has 0 radical (unpaired) electrons. The zero-order valence-corrected chi connectivity index (χ0v) is 22.3. The lowest BCUT2D eigenvalue weighted by Crippen LogP contribution is -2.38. The van der Waals surface area contributed by atoms with Gasteiger partial charge in [0.25, 0.3) is 5.91 Å². The Labute approximate surface area is 218 Å². The van der Waals surface area contributed by atoms with Gasteiger partial charge in [0.1, 0.15) is 12.4 Å². The number of likely N-dealkylation sites (N-methyl/N-ethyl adjacent to an activating group) is 1. The minimum atomic E-state index is -0.156. The Morgan fingerprint density at radius 2 is 2.00 bits per heavy atom. The Bertz CT molecular complexity index is 1320. The first-order valence-electron chi connectivity index (χ1n) is 12.5. The predicted octanol–water partition coefficient (Wildman–Crippen LogP) is 4.23. The van der Waals surface area contributed by atoms with E-state index in [-0.39, 0.29) is 17.4 Å². The zero-order valence-electron chi connectivity index (χ0n) is 22.3. The molecule has 0 unspecified atom stereocenters. The number of carbonyl (C=O) groups is 2. The number of carbonyl (C=O) groups excluding carboxylic acids is 2. The number of nitrogens with zero attached hydrogens (tertiary/aromatic N) is 5. The third kappa shape index (κ3) is 5.58. The third-order valence-corrected chi connectivity index (χ3v) is 6.67. The Morgan fingerprint density at radius 1 is 1.22 bits per heavy atom. The fraction of sp³-hybridized carbons (Fsp3) is 0.379. The van der Waals surface area contributed by atoms with Gasteiger partial charge < -0.3 is 14.5 Å². The monoisotopic (exact) mass is 501 g/mol.